The van der Waals surface area contributed by atoms with Crippen molar-refractivity contribution in [2.24, 2.45) is 0 Å². The predicted octanol–water partition coefficient (Wildman–Crippen LogP) is 3.56. The Morgan fingerprint density at radius 1 is 1.25 bits per heavy atom. The largest absolute Gasteiger partial charge is 0.493 e. The van der Waals surface area contributed by atoms with E-state index in [1.165, 1.54) is 12.8 Å². The molecule has 1 aromatic carbocycles. The van der Waals surface area contributed by atoms with Crippen LogP contribution in [0.3, 0.4) is 0 Å². The van der Waals surface area contributed by atoms with Crippen LogP contribution in [0.5, 0.6) is 5.75 Å². The first-order chi connectivity index (χ1) is 7.92. The van der Waals surface area contributed by atoms with Gasteiger partial charge in [-0.3, -0.25) is 0 Å². The van der Waals surface area contributed by atoms with Crippen molar-refractivity contribution in [3.05, 3.63) is 35.9 Å². The van der Waals surface area contributed by atoms with Crippen LogP contribution in [0.2, 0.25) is 0 Å². The van der Waals surface area contributed by atoms with Gasteiger partial charge in [-0.25, -0.2) is 0 Å². The molecule has 1 saturated heterocycles. The maximum Gasteiger partial charge on any atom is 0.130 e. The molecule has 1 fully saturated rings. The Hall–Kier alpha value is -1.02. The highest BCUT2D eigenvalue weighted by Gasteiger charge is 2.20. The Kier molecular flexibility index (Phi) is 4.23. The minimum absolute atomic E-state index is 0.768. The van der Waals surface area contributed by atoms with Gasteiger partial charge < -0.3 is 9.47 Å². The second kappa shape index (κ2) is 5.90. The van der Waals surface area contributed by atoms with Gasteiger partial charge in [-0.15, -0.1) is 0 Å². The Morgan fingerprint density at radius 3 is 2.88 bits per heavy atom. The van der Waals surface area contributed by atoms with E-state index in [1.54, 1.807) is 0 Å². The molecule has 0 bridgehead atoms. The molecule has 1 radical (unpaired) electrons. The fourth-order valence-electron chi connectivity index (χ4n) is 1.90. The molecule has 0 saturated carbocycles. The van der Waals surface area contributed by atoms with E-state index >= 15 is 0 Å². The van der Waals surface area contributed by atoms with Gasteiger partial charge in [0.05, 0.1) is 6.61 Å². The van der Waals surface area contributed by atoms with Gasteiger partial charge in [0.2, 0.25) is 0 Å². The standard InChI is InChI=1S/C14H19O2/c1-2-10-15-13-8-4-3-7-12(13)14-9-5-6-11-16-14/h3-4,7-8H,2,5-6,9-11H2,1H3. The molecule has 1 aliphatic heterocycles. The van der Waals surface area contributed by atoms with E-state index in [0.29, 0.717) is 0 Å². The molecular weight excluding hydrogens is 200 g/mol. The summed E-state index contributed by atoms with van der Waals surface area (Å²) >= 11 is 0. The zero-order valence-electron chi connectivity index (χ0n) is 9.87. The van der Waals surface area contributed by atoms with E-state index < -0.39 is 0 Å². The summed E-state index contributed by atoms with van der Waals surface area (Å²) in [5.74, 6) is 0.959. The van der Waals surface area contributed by atoms with Crippen molar-refractivity contribution in [2.45, 2.75) is 32.6 Å². The molecule has 0 atom stereocenters. The van der Waals surface area contributed by atoms with E-state index in [2.05, 4.69) is 13.0 Å². The first-order valence-electron chi connectivity index (χ1n) is 6.12. The van der Waals surface area contributed by atoms with Crippen LogP contribution in [-0.4, -0.2) is 13.2 Å². The van der Waals surface area contributed by atoms with Gasteiger partial charge in [0, 0.05) is 12.2 Å². The Bertz CT molecular complexity index is 316. The van der Waals surface area contributed by atoms with E-state index in [-0.39, 0.29) is 0 Å². The maximum atomic E-state index is 5.74. The fraction of sp³-hybridized carbons (Fsp3) is 0.500. The van der Waals surface area contributed by atoms with Gasteiger partial charge in [-0.05, 0) is 31.7 Å². The van der Waals surface area contributed by atoms with Crippen molar-refractivity contribution in [3.63, 3.8) is 0 Å². The van der Waals surface area contributed by atoms with Crippen LogP contribution in [0, 0.1) is 6.10 Å². The van der Waals surface area contributed by atoms with Crippen molar-refractivity contribution in [1.29, 1.82) is 0 Å². The predicted molar refractivity (Wildman–Crippen MR) is 64.4 cm³/mol. The topological polar surface area (TPSA) is 18.5 Å². The molecular formula is C14H19O2. The summed E-state index contributed by atoms with van der Waals surface area (Å²) in [5.41, 5.74) is 1.13. The molecule has 0 amide bonds. The summed E-state index contributed by atoms with van der Waals surface area (Å²) in [6.45, 7) is 3.73. The van der Waals surface area contributed by atoms with Gasteiger partial charge in [0.15, 0.2) is 0 Å². The molecule has 87 valence electrons. The smallest absolute Gasteiger partial charge is 0.130 e. The highest BCUT2D eigenvalue weighted by atomic mass is 16.5. The van der Waals surface area contributed by atoms with E-state index in [0.717, 1.165) is 43.5 Å². The van der Waals surface area contributed by atoms with Gasteiger partial charge in [0.25, 0.3) is 0 Å². The number of hydrogen-bond donors (Lipinski definition) is 0. The molecule has 1 aromatic rings. The summed E-state index contributed by atoms with van der Waals surface area (Å²) in [6.07, 6.45) is 5.55. The summed E-state index contributed by atoms with van der Waals surface area (Å²) in [4.78, 5) is 0. The molecule has 2 heteroatoms. The van der Waals surface area contributed by atoms with E-state index in [4.69, 9.17) is 9.47 Å². The van der Waals surface area contributed by atoms with Crippen LogP contribution in [0.15, 0.2) is 24.3 Å². The normalized spacial score (nSPS) is 17.3. The third-order valence-electron chi connectivity index (χ3n) is 2.72. The lowest BCUT2D eigenvalue weighted by molar-refractivity contribution is 0.115. The van der Waals surface area contributed by atoms with Crippen LogP contribution in [0.1, 0.15) is 38.2 Å². The second-order valence-electron chi connectivity index (χ2n) is 4.07. The minimum Gasteiger partial charge on any atom is -0.493 e. The third kappa shape index (κ3) is 2.76. The third-order valence-corrected chi connectivity index (χ3v) is 2.72. The van der Waals surface area contributed by atoms with Gasteiger partial charge in [-0.1, -0.05) is 25.1 Å². The van der Waals surface area contributed by atoms with Crippen molar-refractivity contribution in [2.75, 3.05) is 13.2 Å². The monoisotopic (exact) mass is 219 g/mol. The molecule has 2 rings (SSSR count). The first-order valence-corrected chi connectivity index (χ1v) is 6.12. The zero-order chi connectivity index (χ0) is 11.2. The summed E-state index contributed by atoms with van der Waals surface area (Å²) < 4.78 is 11.5. The molecule has 16 heavy (non-hydrogen) atoms. The Morgan fingerprint density at radius 2 is 2.12 bits per heavy atom. The van der Waals surface area contributed by atoms with Crippen LogP contribution >= 0.6 is 0 Å². The van der Waals surface area contributed by atoms with Crippen LogP contribution < -0.4 is 4.74 Å². The number of rotatable bonds is 4. The molecule has 0 unspecified atom stereocenters. The average Bonchev–Trinajstić information content (AvgIpc) is 2.38. The van der Waals surface area contributed by atoms with Gasteiger partial charge >= 0.3 is 0 Å². The summed E-state index contributed by atoms with van der Waals surface area (Å²) in [7, 11) is 0. The lowest BCUT2D eigenvalue weighted by Crippen LogP contribution is -2.13. The number of hydrogen-bond acceptors (Lipinski definition) is 2. The molecule has 0 spiro atoms. The Labute approximate surface area is 97.6 Å². The highest BCUT2D eigenvalue weighted by Crippen LogP contribution is 2.32. The fourth-order valence-corrected chi connectivity index (χ4v) is 1.90. The minimum atomic E-state index is 0.768. The number of para-hydroxylation sites is 1. The molecule has 1 aliphatic rings. The van der Waals surface area contributed by atoms with E-state index in [9.17, 15) is 0 Å². The van der Waals surface area contributed by atoms with Crippen molar-refractivity contribution < 1.29 is 9.47 Å². The SMILES string of the molecule is CCCOc1ccccc1[C]1CCCCO1. The summed E-state index contributed by atoms with van der Waals surface area (Å²) in [6, 6.07) is 8.17. The quantitative estimate of drug-likeness (QED) is 0.771. The zero-order valence-corrected chi connectivity index (χ0v) is 9.87. The van der Waals surface area contributed by atoms with Crippen LogP contribution in [0.4, 0.5) is 0 Å². The molecule has 0 N–H and O–H groups in total. The number of benzene rings is 1. The molecule has 0 aliphatic carbocycles. The second-order valence-corrected chi connectivity index (χ2v) is 4.07. The molecule has 2 nitrogen and oxygen atoms in total. The lowest BCUT2D eigenvalue weighted by Gasteiger charge is -2.23. The van der Waals surface area contributed by atoms with E-state index in [1.807, 2.05) is 18.2 Å². The molecule has 1 heterocycles. The average molecular weight is 219 g/mol. The Balaban J connectivity index is 2.11. The first kappa shape index (κ1) is 11.5. The lowest BCUT2D eigenvalue weighted by atomic mass is 10.0. The van der Waals surface area contributed by atoms with Crippen LogP contribution in [-0.2, 0) is 4.74 Å². The van der Waals surface area contributed by atoms with Gasteiger partial charge in [0.1, 0.15) is 11.9 Å². The summed E-state index contributed by atoms with van der Waals surface area (Å²) in [5, 5.41) is 0. The van der Waals surface area contributed by atoms with Crippen molar-refractivity contribution in [1.82, 2.24) is 0 Å². The van der Waals surface area contributed by atoms with Gasteiger partial charge in [-0.2, -0.15) is 0 Å². The number of ether oxygens (including phenoxy) is 2. The maximum absolute atomic E-state index is 5.74. The van der Waals surface area contributed by atoms with Crippen molar-refractivity contribution in [3.8, 4) is 5.75 Å². The van der Waals surface area contributed by atoms with Crippen LogP contribution in [0.25, 0.3) is 0 Å². The molecule has 0 aromatic heterocycles. The highest BCUT2D eigenvalue weighted by molar-refractivity contribution is 5.41. The van der Waals surface area contributed by atoms with Crippen molar-refractivity contribution >= 4 is 0 Å².